The minimum atomic E-state index is 0.0233. The highest BCUT2D eigenvalue weighted by molar-refractivity contribution is 5.83. The van der Waals surface area contributed by atoms with Crippen molar-refractivity contribution in [1.29, 1.82) is 0 Å². The first-order valence-corrected chi connectivity index (χ1v) is 8.67. The third-order valence-corrected chi connectivity index (χ3v) is 6.65. The van der Waals surface area contributed by atoms with Gasteiger partial charge in [-0.05, 0) is 81.5 Å². The average molecular weight is 276 g/mol. The van der Waals surface area contributed by atoms with Crippen molar-refractivity contribution < 1.29 is 4.79 Å². The molecule has 0 aromatic carbocycles. The number of hydrogen-bond donors (Lipinski definition) is 2. The maximum Gasteiger partial charge on any atom is 0.226 e. The lowest BCUT2D eigenvalue weighted by molar-refractivity contribution is -0.146. The molecule has 0 heterocycles. The maximum atomic E-state index is 12.8. The second-order valence-electron chi connectivity index (χ2n) is 8.35. The van der Waals surface area contributed by atoms with Gasteiger partial charge in [0.15, 0.2) is 0 Å². The van der Waals surface area contributed by atoms with E-state index in [4.69, 9.17) is 5.73 Å². The fraction of sp³-hybridized carbons (Fsp3) is 0.941. The number of carbonyl (C=O) groups excluding carboxylic acids is 1. The zero-order chi connectivity index (χ0) is 13.7. The minimum absolute atomic E-state index is 0.0233. The van der Waals surface area contributed by atoms with Crippen molar-refractivity contribution in [1.82, 2.24) is 5.32 Å². The maximum absolute atomic E-state index is 12.8. The van der Waals surface area contributed by atoms with E-state index in [1.54, 1.807) is 0 Å². The molecule has 0 spiro atoms. The second-order valence-corrected chi connectivity index (χ2v) is 8.35. The minimum Gasteiger partial charge on any atom is -0.355 e. The summed E-state index contributed by atoms with van der Waals surface area (Å²) in [6.45, 7) is 0.869. The Hall–Kier alpha value is -0.570. The van der Waals surface area contributed by atoms with Crippen LogP contribution in [0.1, 0.15) is 57.8 Å². The monoisotopic (exact) mass is 276 g/mol. The van der Waals surface area contributed by atoms with Crippen LogP contribution in [0.4, 0.5) is 0 Å². The lowest BCUT2D eigenvalue weighted by atomic mass is 9.49. The molecule has 3 N–H and O–H groups in total. The standard InChI is InChI=1S/C17H28N2O/c18-15-2-1-11(6-15)10-19-16(20)17-7-12-3-13(8-17)5-14(4-12)9-17/h11-15H,1-10,18H2,(H,19,20). The molecule has 2 unspecified atom stereocenters. The Bertz CT molecular complexity index is 371. The predicted molar refractivity (Wildman–Crippen MR) is 78.9 cm³/mol. The Labute approximate surface area is 122 Å². The Kier molecular flexibility index (Phi) is 3.10. The number of nitrogens with two attached hydrogens (primary N) is 1. The van der Waals surface area contributed by atoms with Crippen LogP contribution < -0.4 is 11.1 Å². The first-order valence-electron chi connectivity index (χ1n) is 8.67. The lowest BCUT2D eigenvalue weighted by Gasteiger charge is -2.55. The zero-order valence-electron chi connectivity index (χ0n) is 12.4. The molecule has 5 aliphatic carbocycles. The summed E-state index contributed by atoms with van der Waals surface area (Å²) >= 11 is 0. The van der Waals surface area contributed by atoms with Gasteiger partial charge in [-0.3, -0.25) is 4.79 Å². The Morgan fingerprint density at radius 3 is 2.10 bits per heavy atom. The van der Waals surface area contributed by atoms with E-state index in [9.17, 15) is 4.79 Å². The van der Waals surface area contributed by atoms with Gasteiger partial charge in [-0.15, -0.1) is 0 Å². The summed E-state index contributed by atoms with van der Waals surface area (Å²) in [5, 5.41) is 3.31. The molecule has 0 radical (unpaired) electrons. The molecule has 20 heavy (non-hydrogen) atoms. The highest BCUT2D eigenvalue weighted by atomic mass is 16.2. The summed E-state index contributed by atoms with van der Waals surface area (Å²) in [6, 6.07) is 0.372. The van der Waals surface area contributed by atoms with E-state index in [1.807, 2.05) is 0 Å². The van der Waals surface area contributed by atoms with Gasteiger partial charge in [-0.25, -0.2) is 0 Å². The fourth-order valence-electron chi connectivity index (χ4n) is 6.11. The number of amides is 1. The fourth-order valence-corrected chi connectivity index (χ4v) is 6.11. The normalized spacial score (nSPS) is 49.5. The first kappa shape index (κ1) is 13.1. The van der Waals surface area contributed by atoms with Crippen LogP contribution >= 0.6 is 0 Å². The average Bonchev–Trinajstić information content (AvgIpc) is 2.80. The van der Waals surface area contributed by atoms with E-state index < -0.39 is 0 Å². The van der Waals surface area contributed by atoms with Crippen molar-refractivity contribution in [3.8, 4) is 0 Å². The number of carbonyl (C=O) groups is 1. The molecule has 3 heteroatoms. The highest BCUT2D eigenvalue weighted by Crippen LogP contribution is 2.60. The van der Waals surface area contributed by atoms with E-state index >= 15 is 0 Å². The van der Waals surface area contributed by atoms with Gasteiger partial charge in [0.05, 0.1) is 0 Å². The van der Waals surface area contributed by atoms with Gasteiger partial charge in [-0.2, -0.15) is 0 Å². The third kappa shape index (κ3) is 2.18. The molecule has 2 atom stereocenters. The van der Waals surface area contributed by atoms with Crippen molar-refractivity contribution in [2.45, 2.75) is 63.8 Å². The third-order valence-electron chi connectivity index (χ3n) is 6.65. The molecule has 5 fully saturated rings. The number of nitrogens with one attached hydrogen (secondary N) is 1. The smallest absolute Gasteiger partial charge is 0.226 e. The van der Waals surface area contributed by atoms with Gasteiger partial charge in [0.1, 0.15) is 0 Å². The van der Waals surface area contributed by atoms with Gasteiger partial charge in [0.25, 0.3) is 0 Å². The molecular weight excluding hydrogens is 248 g/mol. The van der Waals surface area contributed by atoms with Crippen molar-refractivity contribution in [2.75, 3.05) is 6.54 Å². The largest absolute Gasteiger partial charge is 0.355 e. The lowest BCUT2D eigenvalue weighted by Crippen LogP contribution is -2.54. The highest BCUT2D eigenvalue weighted by Gasteiger charge is 2.54. The predicted octanol–water partition coefficient (Wildman–Crippen LogP) is 2.45. The van der Waals surface area contributed by atoms with Crippen LogP contribution in [0.15, 0.2) is 0 Å². The van der Waals surface area contributed by atoms with Gasteiger partial charge < -0.3 is 11.1 Å². The van der Waals surface area contributed by atoms with Crippen molar-refractivity contribution in [3.63, 3.8) is 0 Å². The van der Waals surface area contributed by atoms with Crippen LogP contribution in [0.2, 0.25) is 0 Å². The van der Waals surface area contributed by atoms with Crippen LogP contribution in [0.5, 0.6) is 0 Å². The number of rotatable bonds is 3. The summed E-state index contributed by atoms with van der Waals surface area (Å²) in [4.78, 5) is 12.8. The molecule has 1 amide bonds. The van der Waals surface area contributed by atoms with Crippen LogP contribution in [0, 0.1) is 29.1 Å². The molecule has 3 nitrogen and oxygen atoms in total. The van der Waals surface area contributed by atoms with E-state index in [0.717, 1.165) is 37.1 Å². The van der Waals surface area contributed by atoms with E-state index in [2.05, 4.69) is 5.32 Å². The van der Waals surface area contributed by atoms with Gasteiger partial charge in [-0.1, -0.05) is 0 Å². The summed E-state index contributed by atoms with van der Waals surface area (Å²) in [7, 11) is 0. The van der Waals surface area contributed by atoms with E-state index in [-0.39, 0.29) is 5.41 Å². The van der Waals surface area contributed by atoms with Crippen LogP contribution in [0.25, 0.3) is 0 Å². The second kappa shape index (κ2) is 4.72. The molecule has 5 saturated carbocycles. The number of hydrogen-bond acceptors (Lipinski definition) is 2. The molecule has 0 aromatic heterocycles. The quantitative estimate of drug-likeness (QED) is 0.832. The summed E-state index contributed by atoms with van der Waals surface area (Å²) < 4.78 is 0. The topological polar surface area (TPSA) is 55.1 Å². The summed E-state index contributed by atoms with van der Waals surface area (Å²) in [5.74, 6) is 3.57. The van der Waals surface area contributed by atoms with Crippen LogP contribution in [-0.4, -0.2) is 18.5 Å². The van der Waals surface area contributed by atoms with Crippen LogP contribution in [-0.2, 0) is 4.79 Å². The zero-order valence-corrected chi connectivity index (χ0v) is 12.4. The molecule has 5 rings (SSSR count). The van der Waals surface area contributed by atoms with Crippen molar-refractivity contribution in [3.05, 3.63) is 0 Å². The molecule has 0 saturated heterocycles. The van der Waals surface area contributed by atoms with Gasteiger partial charge >= 0.3 is 0 Å². The first-order chi connectivity index (χ1) is 9.63. The molecule has 4 bridgehead atoms. The Balaban J connectivity index is 1.38. The van der Waals surface area contributed by atoms with Gasteiger partial charge in [0.2, 0.25) is 5.91 Å². The van der Waals surface area contributed by atoms with E-state index in [0.29, 0.717) is 17.9 Å². The molecule has 5 aliphatic rings. The Morgan fingerprint density at radius 1 is 1.00 bits per heavy atom. The van der Waals surface area contributed by atoms with Gasteiger partial charge in [0, 0.05) is 18.0 Å². The summed E-state index contributed by atoms with van der Waals surface area (Å²) in [5.41, 5.74) is 5.99. The molecule has 112 valence electrons. The summed E-state index contributed by atoms with van der Waals surface area (Å²) in [6.07, 6.45) is 11.2. The van der Waals surface area contributed by atoms with Crippen LogP contribution in [0.3, 0.4) is 0 Å². The molecular formula is C17H28N2O. The molecule has 0 aliphatic heterocycles. The van der Waals surface area contributed by atoms with Crippen molar-refractivity contribution in [2.24, 2.45) is 34.8 Å². The Morgan fingerprint density at radius 2 is 1.60 bits per heavy atom. The van der Waals surface area contributed by atoms with Crippen molar-refractivity contribution >= 4 is 5.91 Å². The molecule has 0 aromatic rings. The van der Waals surface area contributed by atoms with E-state index in [1.165, 1.54) is 44.9 Å². The SMILES string of the molecule is NC1CCC(CNC(=O)C23CC4CC(CC(C4)C2)C3)C1.